The Hall–Kier alpha value is -2.38. The standard InChI is InChI=1S/C20H24N2O4S/c23-20(11-16-26-19-9-5-2-6-10-19)21-12-14-22(15-13-21)27(24,25)17-18-7-3-1-4-8-18/h1-10H,11-17H2. The first-order valence-electron chi connectivity index (χ1n) is 9.02. The van der Waals surface area contributed by atoms with Crippen molar-refractivity contribution in [1.82, 2.24) is 9.21 Å². The van der Waals surface area contributed by atoms with Crippen LogP contribution in [0.4, 0.5) is 0 Å². The predicted molar refractivity (Wildman–Crippen MR) is 104 cm³/mol. The third kappa shape index (κ3) is 5.55. The fraction of sp³-hybridized carbons (Fsp3) is 0.350. The Balaban J connectivity index is 1.44. The molecular formula is C20H24N2O4S. The van der Waals surface area contributed by atoms with Gasteiger partial charge in [-0.05, 0) is 17.7 Å². The number of rotatable bonds is 7. The van der Waals surface area contributed by atoms with Crippen molar-refractivity contribution >= 4 is 15.9 Å². The number of hydrogen-bond donors (Lipinski definition) is 0. The first-order valence-corrected chi connectivity index (χ1v) is 10.6. The van der Waals surface area contributed by atoms with Gasteiger partial charge in [0.2, 0.25) is 15.9 Å². The molecule has 7 heteroatoms. The summed E-state index contributed by atoms with van der Waals surface area (Å²) in [6.07, 6.45) is 0.283. The SMILES string of the molecule is O=C(CCOc1ccccc1)N1CCN(S(=O)(=O)Cc2ccccc2)CC1. The van der Waals surface area contributed by atoms with Crippen LogP contribution in [0.3, 0.4) is 0 Å². The molecule has 0 saturated carbocycles. The zero-order chi connectivity index (χ0) is 19.1. The number of carbonyl (C=O) groups excluding carboxylic acids is 1. The number of sulfonamides is 1. The summed E-state index contributed by atoms with van der Waals surface area (Å²) in [6.45, 7) is 1.81. The van der Waals surface area contributed by atoms with Gasteiger partial charge < -0.3 is 9.64 Å². The molecule has 27 heavy (non-hydrogen) atoms. The third-order valence-electron chi connectivity index (χ3n) is 4.50. The van der Waals surface area contributed by atoms with Crippen LogP contribution in [0.15, 0.2) is 60.7 Å². The van der Waals surface area contributed by atoms with Crippen LogP contribution >= 0.6 is 0 Å². The molecule has 0 spiro atoms. The van der Waals surface area contributed by atoms with E-state index in [2.05, 4.69) is 0 Å². The zero-order valence-corrected chi connectivity index (χ0v) is 16.0. The normalized spacial score (nSPS) is 15.5. The molecule has 1 aliphatic rings. The molecule has 6 nitrogen and oxygen atoms in total. The molecule has 2 aromatic carbocycles. The largest absolute Gasteiger partial charge is 0.493 e. The maximum absolute atomic E-state index is 12.6. The number of amides is 1. The molecule has 1 amide bonds. The van der Waals surface area contributed by atoms with E-state index in [0.29, 0.717) is 32.8 Å². The highest BCUT2D eigenvalue weighted by atomic mass is 32.2. The van der Waals surface area contributed by atoms with E-state index in [0.717, 1.165) is 11.3 Å². The lowest BCUT2D eigenvalue weighted by molar-refractivity contribution is -0.132. The average Bonchev–Trinajstić information content (AvgIpc) is 2.69. The summed E-state index contributed by atoms with van der Waals surface area (Å²) in [5.74, 6) is 0.723. The van der Waals surface area contributed by atoms with E-state index in [4.69, 9.17) is 4.74 Å². The van der Waals surface area contributed by atoms with E-state index in [9.17, 15) is 13.2 Å². The Bertz CT molecular complexity index is 833. The lowest BCUT2D eigenvalue weighted by Gasteiger charge is -2.34. The number of nitrogens with zero attached hydrogens (tertiary/aromatic N) is 2. The summed E-state index contributed by atoms with van der Waals surface area (Å²) in [4.78, 5) is 14.0. The molecule has 144 valence electrons. The van der Waals surface area contributed by atoms with Crippen molar-refractivity contribution in [3.63, 3.8) is 0 Å². The van der Waals surface area contributed by atoms with E-state index in [-0.39, 0.29) is 18.1 Å². The van der Waals surface area contributed by atoms with Gasteiger partial charge >= 0.3 is 0 Å². The zero-order valence-electron chi connectivity index (χ0n) is 15.2. The van der Waals surface area contributed by atoms with Gasteiger partial charge in [0.05, 0.1) is 18.8 Å². The highest BCUT2D eigenvalue weighted by molar-refractivity contribution is 7.88. The predicted octanol–water partition coefficient (Wildman–Crippen LogP) is 2.13. The van der Waals surface area contributed by atoms with Crippen LogP contribution in [-0.2, 0) is 20.6 Å². The summed E-state index contributed by atoms with van der Waals surface area (Å²) in [5, 5.41) is 0. The smallest absolute Gasteiger partial charge is 0.226 e. The van der Waals surface area contributed by atoms with Crippen molar-refractivity contribution in [2.24, 2.45) is 0 Å². The number of benzene rings is 2. The van der Waals surface area contributed by atoms with Crippen LogP contribution in [0.2, 0.25) is 0 Å². The van der Waals surface area contributed by atoms with E-state index >= 15 is 0 Å². The lowest BCUT2D eigenvalue weighted by atomic mass is 10.2. The summed E-state index contributed by atoms with van der Waals surface area (Å²) < 4.78 is 32.2. The number of hydrogen-bond acceptors (Lipinski definition) is 4. The van der Waals surface area contributed by atoms with Gasteiger partial charge in [-0.3, -0.25) is 4.79 Å². The van der Waals surface area contributed by atoms with E-state index in [1.54, 1.807) is 4.90 Å². The van der Waals surface area contributed by atoms with Gasteiger partial charge in [-0.1, -0.05) is 48.5 Å². The van der Waals surface area contributed by atoms with Crippen LogP contribution in [0, 0.1) is 0 Å². The second kappa shape index (κ2) is 9.01. The summed E-state index contributed by atoms with van der Waals surface area (Å²) in [5.41, 5.74) is 0.772. The molecule has 0 atom stereocenters. The van der Waals surface area contributed by atoms with Crippen LogP contribution in [0.25, 0.3) is 0 Å². The molecule has 0 aliphatic carbocycles. The quantitative estimate of drug-likeness (QED) is 0.729. The van der Waals surface area contributed by atoms with Crippen molar-refractivity contribution in [1.29, 1.82) is 0 Å². The van der Waals surface area contributed by atoms with Gasteiger partial charge in [0.15, 0.2) is 0 Å². The maximum atomic E-state index is 12.6. The van der Waals surface area contributed by atoms with Gasteiger partial charge in [-0.15, -0.1) is 0 Å². The van der Waals surface area contributed by atoms with Crippen molar-refractivity contribution < 1.29 is 17.9 Å². The monoisotopic (exact) mass is 388 g/mol. The Labute approximate surface area is 160 Å². The minimum atomic E-state index is -3.37. The van der Waals surface area contributed by atoms with Crippen LogP contribution in [-0.4, -0.2) is 56.3 Å². The van der Waals surface area contributed by atoms with Crippen molar-refractivity contribution in [2.45, 2.75) is 12.2 Å². The van der Waals surface area contributed by atoms with E-state index in [1.807, 2.05) is 60.7 Å². The topological polar surface area (TPSA) is 66.9 Å². The second-order valence-electron chi connectivity index (χ2n) is 6.43. The second-order valence-corrected chi connectivity index (χ2v) is 8.40. The molecular weight excluding hydrogens is 364 g/mol. The van der Waals surface area contributed by atoms with Crippen LogP contribution < -0.4 is 4.74 Å². The van der Waals surface area contributed by atoms with Crippen molar-refractivity contribution in [2.75, 3.05) is 32.8 Å². The molecule has 1 heterocycles. The highest BCUT2D eigenvalue weighted by Crippen LogP contribution is 2.14. The molecule has 0 radical (unpaired) electrons. The molecule has 1 fully saturated rings. The molecule has 1 saturated heterocycles. The molecule has 0 unspecified atom stereocenters. The number of para-hydroxylation sites is 1. The number of ether oxygens (including phenoxy) is 1. The van der Waals surface area contributed by atoms with Gasteiger partial charge in [-0.2, -0.15) is 4.31 Å². The Morgan fingerprint density at radius 3 is 2.11 bits per heavy atom. The summed E-state index contributed by atoms with van der Waals surface area (Å²) >= 11 is 0. The van der Waals surface area contributed by atoms with Crippen LogP contribution in [0.5, 0.6) is 5.75 Å². The van der Waals surface area contributed by atoms with Gasteiger partial charge in [0, 0.05) is 26.2 Å². The minimum absolute atomic E-state index is 0.00724. The number of carbonyl (C=O) groups is 1. The molecule has 0 bridgehead atoms. The van der Waals surface area contributed by atoms with Gasteiger partial charge in [-0.25, -0.2) is 8.42 Å². The molecule has 3 rings (SSSR count). The maximum Gasteiger partial charge on any atom is 0.226 e. The first kappa shape index (κ1) is 19.4. The minimum Gasteiger partial charge on any atom is -0.493 e. The highest BCUT2D eigenvalue weighted by Gasteiger charge is 2.28. The van der Waals surface area contributed by atoms with Crippen molar-refractivity contribution in [3.8, 4) is 5.75 Å². The van der Waals surface area contributed by atoms with Gasteiger partial charge in [0.25, 0.3) is 0 Å². The summed E-state index contributed by atoms with van der Waals surface area (Å²) in [6, 6.07) is 18.5. The van der Waals surface area contributed by atoms with Crippen LogP contribution in [0.1, 0.15) is 12.0 Å². The first-order chi connectivity index (χ1) is 13.0. The molecule has 0 N–H and O–H groups in total. The fourth-order valence-electron chi connectivity index (χ4n) is 3.02. The van der Waals surface area contributed by atoms with Gasteiger partial charge in [0.1, 0.15) is 5.75 Å². The molecule has 0 aromatic heterocycles. The van der Waals surface area contributed by atoms with E-state index < -0.39 is 10.0 Å². The summed E-state index contributed by atoms with van der Waals surface area (Å²) in [7, 11) is -3.37. The number of piperazine rings is 1. The Morgan fingerprint density at radius 1 is 0.889 bits per heavy atom. The molecule has 2 aromatic rings. The molecule has 1 aliphatic heterocycles. The third-order valence-corrected chi connectivity index (χ3v) is 6.35. The fourth-order valence-corrected chi connectivity index (χ4v) is 4.54. The average molecular weight is 388 g/mol. The van der Waals surface area contributed by atoms with E-state index in [1.165, 1.54) is 4.31 Å². The lowest BCUT2D eigenvalue weighted by Crippen LogP contribution is -2.50. The Kier molecular flexibility index (Phi) is 6.47. The van der Waals surface area contributed by atoms with Crippen molar-refractivity contribution in [3.05, 3.63) is 66.2 Å². The Morgan fingerprint density at radius 2 is 1.48 bits per heavy atom.